The molecule has 0 saturated carbocycles. The molecule has 3 nitrogen and oxygen atoms in total. The van der Waals surface area contributed by atoms with Gasteiger partial charge in [-0.15, -0.1) is 0 Å². The average molecular weight is 210 g/mol. The molecule has 0 spiro atoms. The molecule has 0 aromatic heterocycles. The first-order valence-electron chi connectivity index (χ1n) is 4.20. The molecule has 0 fully saturated rings. The number of nitriles is 1. The third kappa shape index (κ3) is 9.29. The topological polar surface area (TPSA) is 45.0 Å². The molecule has 0 rings (SSSR count). The van der Waals surface area contributed by atoms with Crippen LogP contribution in [0.25, 0.3) is 0 Å². The minimum absolute atomic E-state index is 0.00468. The Balaban J connectivity index is 3.27. The van der Waals surface area contributed by atoms with E-state index in [0.717, 1.165) is 0 Å². The number of halogens is 3. The summed E-state index contributed by atoms with van der Waals surface area (Å²) in [6.45, 7) is 0.877. The van der Waals surface area contributed by atoms with Gasteiger partial charge in [0.15, 0.2) is 0 Å². The second-order valence-corrected chi connectivity index (χ2v) is 2.89. The molecule has 0 aromatic carbocycles. The lowest BCUT2D eigenvalue weighted by Gasteiger charge is -2.11. The fourth-order valence-corrected chi connectivity index (χ4v) is 0.774. The quantitative estimate of drug-likeness (QED) is 0.675. The van der Waals surface area contributed by atoms with Crippen molar-refractivity contribution in [3.8, 4) is 6.07 Å². The molecule has 1 atom stereocenters. The monoisotopic (exact) mass is 210 g/mol. The van der Waals surface area contributed by atoms with Crippen molar-refractivity contribution in [3.63, 3.8) is 0 Å². The number of alkyl halides is 3. The van der Waals surface area contributed by atoms with E-state index in [1.54, 1.807) is 6.92 Å². The Morgan fingerprint density at radius 3 is 2.64 bits per heavy atom. The van der Waals surface area contributed by atoms with E-state index in [1.807, 2.05) is 6.07 Å². The lowest BCUT2D eigenvalue weighted by atomic mass is 10.2. The Labute approximate surface area is 80.8 Å². The van der Waals surface area contributed by atoms with Crippen LogP contribution in [0, 0.1) is 11.3 Å². The van der Waals surface area contributed by atoms with Crippen LogP contribution in [0.3, 0.4) is 0 Å². The minimum Gasteiger partial charge on any atom is -0.371 e. The largest absolute Gasteiger partial charge is 0.411 e. The highest BCUT2D eigenvalue weighted by Gasteiger charge is 2.27. The van der Waals surface area contributed by atoms with E-state index in [1.165, 1.54) is 0 Å². The zero-order chi connectivity index (χ0) is 11.0. The van der Waals surface area contributed by atoms with Crippen molar-refractivity contribution in [1.82, 2.24) is 5.32 Å². The number of nitrogens with one attached hydrogen (secondary N) is 1. The van der Waals surface area contributed by atoms with Crippen LogP contribution in [-0.4, -0.2) is 32.0 Å². The van der Waals surface area contributed by atoms with E-state index in [0.29, 0.717) is 13.0 Å². The fraction of sp³-hybridized carbons (Fsp3) is 0.875. The van der Waals surface area contributed by atoms with Crippen molar-refractivity contribution in [2.24, 2.45) is 0 Å². The van der Waals surface area contributed by atoms with E-state index in [9.17, 15) is 13.2 Å². The third-order valence-corrected chi connectivity index (χ3v) is 1.40. The van der Waals surface area contributed by atoms with Crippen molar-refractivity contribution < 1.29 is 17.9 Å². The van der Waals surface area contributed by atoms with Gasteiger partial charge in [-0.25, -0.2) is 0 Å². The maximum atomic E-state index is 11.6. The molecule has 0 saturated heterocycles. The van der Waals surface area contributed by atoms with Crippen LogP contribution in [0.1, 0.15) is 13.3 Å². The van der Waals surface area contributed by atoms with Gasteiger partial charge in [0.1, 0.15) is 6.61 Å². The number of hydrogen-bond donors (Lipinski definition) is 1. The van der Waals surface area contributed by atoms with Crippen molar-refractivity contribution in [3.05, 3.63) is 0 Å². The van der Waals surface area contributed by atoms with Gasteiger partial charge in [-0.3, -0.25) is 0 Å². The summed E-state index contributed by atoms with van der Waals surface area (Å²) in [5.41, 5.74) is 0. The van der Waals surface area contributed by atoms with Gasteiger partial charge in [0.05, 0.1) is 19.1 Å². The van der Waals surface area contributed by atoms with Crippen molar-refractivity contribution in [2.75, 3.05) is 19.8 Å². The summed E-state index contributed by atoms with van der Waals surface area (Å²) in [6, 6.07) is 1.93. The average Bonchev–Trinajstić information content (AvgIpc) is 2.02. The van der Waals surface area contributed by atoms with Gasteiger partial charge in [-0.2, -0.15) is 18.4 Å². The summed E-state index contributed by atoms with van der Waals surface area (Å²) in [4.78, 5) is 0. The van der Waals surface area contributed by atoms with Crippen molar-refractivity contribution in [2.45, 2.75) is 25.6 Å². The van der Waals surface area contributed by atoms with Crippen LogP contribution in [0.4, 0.5) is 13.2 Å². The van der Waals surface area contributed by atoms with Crippen LogP contribution in [0.5, 0.6) is 0 Å². The Kier molecular flexibility index (Phi) is 6.25. The van der Waals surface area contributed by atoms with Crippen LogP contribution < -0.4 is 5.32 Å². The molecule has 0 bridgehead atoms. The molecule has 0 amide bonds. The van der Waals surface area contributed by atoms with E-state index in [-0.39, 0.29) is 12.6 Å². The Morgan fingerprint density at radius 1 is 1.50 bits per heavy atom. The van der Waals surface area contributed by atoms with E-state index >= 15 is 0 Å². The molecular formula is C8H13F3N2O. The minimum atomic E-state index is -4.27. The standard InChI is InChI=1S/C8H13F3N2O/c1-7(2-3-12)13-4-5-14-6-8(9,10)11/h7,13H,2,4-6H2,1H3. The number of hydrogen-bond acceptors (Lipinski definition) is 3. The fourth-order valence-electron chi connectivity index (χ4n) is 0.774. The highest BCUT2D eigenvalue weighted by Crippen LogP contribution is 2.13. The van der Waals surface area contributed by atoms with Gasteiger partial charge in [0.2, 0.25) is 0 Å². The lowest BCUT2D eigenvalue weighted by Crippen LogP contribution is -2.30. The molecule has 6 heteroatoms. The van der Waals surface area contributed by atoms with E-state index in [2.05, 4.69) is 10.1 Å². The molecular weight excluding hydrogens is 197 g/mol. The van der Waals surface area contributed by atoms with Crippen LogP contribution in [0.15, 0.2) is 0 Å². The molecule has 0 radical (unpaired) electrons. The molecule has 1 unspecified atom stereocenters. The van der Waals surface area contributed by atoms with E-state index < -0.39 is 12.8 Å². The van der Waals surface area contributed by atoms with Gasteiger partial charge in [0, 0.05) is 12.6 Å². The predicted molar refractivity (Wildman–Crippen MR) is 44.6 cm³/mol. The van der Waals surface area contributed by atoms with Crippen LogP contribution in [-0.2, 0) is 4.74 Å². The second kappa shape index (κ2) is 6.62. The molecule has 14 heavy (non-hydrogen) atoms. The maximum Gasteiger partial charge on any atom is 0.411 e. The van der Waals surface area contributed by atoms with Crippen molar-refractivity contribution in [1.29, 1.82) is 5.26 Å². The summed E-state index contributed by atoms with van der Waals surface area (Å²) in [5.74, 6) is 0. The van der Waals surface area contributed by atoms with Gasteiger partial charge < -0.3 is 10.1 Å². The Morgan fingerprint density at radius 2 is 2.14 bits per heavy atom. The van der Waals surface area contributed by atoms with Crippen LogP contribution in [0.2, 0.25) is 0 Å². The summed E-state index contributed by atoms with van der Waals surface area (Å²) >= 11 is 0. The smallest absolute Gasteiger partial charge is 0.371 e. The number of ether oxygens (including phenoxy) is 1. The molecule has 82 valence electrons. The normalized spacial score (nSPS) is 13.6. The lowest BCUT2D eigenvalue weighted by molar-refractivity contribution is -0.173. The number of nitrogens with zero attached hydrogens (tertiary/aromatic N) is 1. The summed E-state index contributed by atoms with van der Waals surface area (Å²) in [7, 11) is 0. The van der Waals surface area contributed by atoms with Gasteiger partial charge >= 0.3 is 6.18 Å². The first-order chi connectivity index (χ1) is 6.45. The molecule has 0 aliphatic carbocycles. The highest BCUT2D eigenvalue weighted by atomic mass is 19.4. The first-order valence-corrected chi connectivity index (χ1v) is 4.20. The SMILES string of the molecule is CC(CC#N)NCCOCC(F)(F)F. The van der Waals surface area contributed by atoms with Crippen LogP contribution >= 0.6 is 0 Å². The number of rotatable bonds is 6. The molecule has 0 aliphatic rings. The van der Waals surface area contributed by atoms with E-state index in [4.69, 9.17) is 5.26 Å². The zero-order valence-corrected chi connectivity index (χ0v) is 7.90. The van der Waals surface area contributed by atoms with Crippen molar-refractivity contribution >= 4 is 0 Å². The molecule has 1 N–H and O–H groups in total. The van der Waals surface area contributed by atoms with Gasteiger partial charge in [-0.1, -0.05) is 0 Å². The summed E-state index contributed by atoms with van der Waals surface area (Å²) < 4.78 is 39.1. The molecule has 0 heterocycles. The third-order valence-electron chi connectivity index (χ3n) is 1.40. The molecule has 0 aromatic rings. The zero-order valence-electron chi connectivity index (χ0n) is 7.90. The first kappa shape index (κ1) is 13.2. The maximum absolute atomic E-state index is 11.6. The Hall–Kier alpha value is -0.800. The second-order valence-electron chi connectivity index (χ2n) is 2.89. The Bertz CT molecular complexity index is 188. The van der Waals surface area contributed by atoms with Gasteiger partial charge in [-0.05, 0) is 6.92 Å². The summed E-state index contributed by atoms with van der Waals surface area (Å²) in [6.07, 6.45) is -3.93. The summed E-state index contributed by atoms with van der Waals surface area (Å²) in [5, 5.41) is 11.1. The molecule has 0 aliphatic heterocycles. The highest BCUT2D eigenvalue weighted by molar-refractivity contribution is 4.77. The predicted octanol–water partition coefficient (Wildman–Crippen LogP) is 1.46. The van der Waals surface area contributed by atoms with Gasteiger partial charge in [0.25, 0.3) is 0 Å².